The molecule has 0 saturated heterocycles. The van der Waals surface area contributed by atoms with Crippen LogP contribution in [0.2, 0.25) is 0 Å². The van der Waals surface area contributed by atoms with Gasteiger partial charge >= 0.3 is 0 Å². The van der Waals surface area contributed by atoms with E-state index in [2.05, 4.69) is 12.6 Å². The standard InChI is InChI=1S/C13H26OS2/c14-12-10-8-6-4-2-1-3-5-7-9-11-13(15)16/h14H,1-12H2,(H,15,16). The molecule has 0 amide bonds. The van der Waals surface area contributed by atoms with Crippen LogP contribution in [0.15, 0.2) is 0 Å². The first-order chi connectivity index (χ1) is 7.77. The normalized spacial score (nSPS) is 10.6. The Bertz CT molecular complexity index is 160. The zero-order valence-corrected chi connectivity index (χ0v) is 12.0. The molecule has 96 valence electrons. The van der Waals surface area contributed by atoms with E-state index in [0.29, 0.717) is 6.61 Å². The van der Waals surface area contributed by atoms with Gasteiger partial charge in [0.15, 0.2) is 0 Å². The van der Waals surface area contributed by atoms with Gasteiger partial charge in [0, 0.05) is 10.8 Å². The van der Waals surface area contributed by atoms with Gasteiger partial charge in [-0.3, -0.25) is 0 Å². The molecular formula is C13H26OS2. The first-order valence-corrected chi connectivity index (χ1v) is 7.45. The van der Waals surface area contributed by atoms with Gasteiger partial charge in [0.2, 0.25) is 0 Å². The van der Waals surface area contributed by atoms with E-state index < -0.39 is 0 Å². The number of aliphatic hydroxyl groups is 1. The van der Waals surface area contributed by atoms with Crippen molar-refractivity contribution in [1.82, 2.24) is 0 Å². The summed E-state index contributed by atoms with van der Waals surface area (Å²) in [5, 5.41) is 8.61. The van der Waals surface area contributed by atoms with Crippen molar-refractivity contribution < 1.29 is 5.11 Å². The predicted molar refractivity (Wildman–Crippen MR) is 79.5 cm³/mol. The molecular weight excluding hydrogens is 236 g/mol. The van der Waals surface area contributed by atoms with E-state index in [1.165, 1.54) is 57.8 Å². The third kappa shape index (κ3) is 14.4. The van der Waals surface area contributed by atoms with Crippen molar-refractivity contribution >= 4 is 29.0 Å². The zero-order valence-electron chi connectivity index (χ0n) is 10.3. The van der Waals surface area contributed by atoms with Crippen LogP contribution in [0.3, 0.4) is 0 Å². The molecule has 0 bridgehead atoms. The van der Waals surface area contributed by atoms with Crippen LogP contribution < -0.4 is 0 Å². The topological polar surface area (TPSA) is 20.2 Å². The van der Waals surface area contributed by atoms with E-state index >= 15 is 0 Å². The summed E-state index contributed by atoms with van der Waals surface area (Å²) in [6.45, 7) is 0.354. The van der Waals surface area contributed by atoms with E-state index in [1.54, 1.807) is 0 Å². The van der Waals surface area contributed by atoms with Crippen molar-refractivity contribution in [2.45, 2.75) is 70.6 Å². The highest BCUT2D eigenvalue weighted by atomic mass is 32.1. The molecule has 0 unspecified atom stereocenters. The van der Waals surface area contributed by atoms with E-state index in [4.69, 9.17) is 17.3 Å². The van der Waals surface area contributed by atoms with Gasteiger partial charge < -0.3 is 5.11 Å². The van der Waals surface area contributed by atoms with Crippen molar-refractivity contribution in [3.05, 3.63) is 0 Å². The molecule has 0 aromatic rings. The van der Waals surface area contributed by atoms with Gasteiger partial charge in [-0.05, 0) is 19.3 Å². The van der Waals surface area contributed by atoms with Crippen LogP contribution in [0.4, 0.5) is 0 Å². The summed E-state index contributed by atoms with van der Waals surface area (Å²) in [4.78, 5) is 0. The van der Waals surface area contributed by atoms with Crippen molar-refractivity contribution in [1.29, 1.82) is 0 Å². The molecule has 0 aliphatic carbocycles. The number of hydrogen-bond acceptors (Lipinski definition) is 2. The van der Waals surface area contributed by atoms with Crippen molar-refractivity contribution in [2.24, 2.45) is 0 Å². The molecule has 1 N–H and O–H groups in total. The van der Waals surface area contributed by atoms with E-state index in [-0.39, 0.29) is 0 Å². The molecule has 0 spiro atoms. The minimum Gasteiger partial charge on any atom is -0.396 e. The smallest absolute Gasteiger partial charge is 0.0448 e. The fraction of sp³-hybridized carbons (Fsp3) is 0.923. The Hall–Kier alpha value is 0.400. The first-order valence-electron chi connectivity index (χ1n) is 6.60. The number of thiocarbonyl (C=S) groups is 1. The minimum absolute atomic E-state index is 0.354. The number of unbranched alkanes of at least 4 members (excludes halogenated alkanes) is 9. The monoisotopic (exact) mass is 262 g/mol. The summed E-state index contributed by atoms with van der Waals surface area (Å²) in [6.07, 6.45) is 13.7. The second-order valence-electron chi connectivity index (χ2n) is 4.40. The average molecular weight is 262 g/mol. The summed E-state index contributed by atoms with van der Waals surface area (Å²) < 4.78 is 0.851. The zero-order chi connectivity index (χ0) is 12.1. The molecule has 3 heteroatoms. The van der Waals surface area contributed by atoms with Gasteiger partial charge in [-0.15, -0.1) is 12.6 Å². The molecule has 0 aromatic heterocycles. The maximum Gasteiger partial charge on any atom is 0.0448 e. The van der Waals surface area contributed by atoms with Gasteiger partial charge in [-0.2, -0.15) is 0 Å². The summed E-state index contributed by atoms with van der Waals surface area (Å²) >= 11 is 9.02. The highest BCUT2D eigenvalue weighted by Gasteiger charge is 1.94. The lowest BCUT2D eigenvalue weighted by atomic mass is 10.1. The van der Waals surface area contributed by atoms with Gasteiger partial charge in [0.25, 0.3) is 0 Å². The Labute approximate surface area is 111 Å². The fourth-order valence-corrected chi connectivity index (χ4v) is 2.10. The highest BCUT2D eigenvalue weighted by molar-refractivity contribution is 8.11. The highest BCUT2D eigenvalue weighted by Crippen LogP contribution is 2.11. The SMILES string of the molecule is OCCCCCCCCCCCCC(=S)S. The average Bonchev–Trinajstić information content (AvgIpc) is 2.25. The largest absolute Gasteiger partial charge is 0.396 e. The molecule has 0 aliphatic heterocycles. The molecule has 0 saturated carbocycles. The Morgan fingerprint density at radius 2 is 1.12 bits per heavy atom. The van der Waals surface area contributed by atoms with Gasteiger partial charge in [-0.25, -0.2) is 0 Å². The van der Waals surface area contributed by atoms with Crippen LogP contribution in [0.25, 0.3) is 0 Å². The maximum atomic E-state index is 8.61. The van der Waals surface area contributed by atoms with E-state index in [9.17, 15) is 0 Å². The van der Waals surface area contributed by atoms with Gasteiger partial charge in [0.05, 0.1) is 0 Å². The molecule has 0 fully saturated rings. The van der Waals surface area contributed by atoms with Crippen LogP contribution >= 0.6 is 24.8 Å². The molecule has 16 heavy (non-hydrogen) atoms. The van der Waals surface area contributed by atoms with Crippen LogP contribution in [-0.2, 0) is 0 Å². The van der Waals surface area contributed by atoms with Crippen molar-refractivity contribution in [3.8, 4) is 0 Å². The maximum absolute atomic E-state index is 8.61. The Morgan fingerprint density at radius 1 is 0.750 bits per heavy atom. The van der Waals surface area contributed by atoms with E-state index in [1.807, 2.05) is 0 Å². The van der Waals surface area contributed by atoms with Crippen LogP contribution in [-0.4, -0.2) is 15.9 Å². The summed E-state index contributed by atoms with van der Waals surface area (Å²) in [7, 11) is 0. The third-order valence-corrected chi connectivity index (χ3v) is 3.23. The van der Waals surface area contributed by atoms with Crippen LogP contribution in [0, 0.1) is 0 Å². The Balaban J connectivity index is 2.90. The Kier molecular flexibility index (Phi) is 13.8. The molecule has 0 rings (SSSR count). The van der Waals surface area contributed by atoms with Crippen LogP contribution in [0.5, 0.6) is 0 Å². The third-order valence-electron chi connectivity index (χ3n) is 2.80. The lowest BCUT2D eigenvalue weighted by molar-refractivity contribution is 0.282. The van der Waals surface area contributed by atoms with Gasteiger partial charge in [-0.1, -0.05) is 63.6 Å². The number of aliphatic hydroxyl groups excluding tert-OH is 1. The molecule has 0 heterocycles. The molecule has 0 aliphatic rings. The first kappa shape index (κ1) is 16.4. The second kappa shape index (κ2) is 13.5. The number of hydrogen-bond donors (Lipinski definition) is 2. The number of rotatable bonds is 12. The predicted octanol–water partition coefficient (Wildman–Crippen LogP) is 4.53. The quantitative estimate of drug-likeness (QED) is 0.306. The summed E-state index contributed by atoms with van der Waals surface area (Å²) in [5.74, 6) is 0. The minimum atomic E-state index is 0.354. The van der Waals surface area contributed by atoms with Gasteiger partial charge in [0.1, 0.15) is 0 Å². The van der Waals surface area contributed by atoms with E-state index in [0.717, 1.165) is 17.0 Å². The number of thiol groups is 1. The van der Waals surface area contributed by atoms with Crippen LogP contribution in [0.1, 0.15) is 70.6 Å². The second-order valence-corrected chi connectivity index (χ2v) is 5.74. The fourth-order valence-electron chi connectivity index (χ4n) is 1.80. The molecule has 0 atom stereocenters. The summed E-state index contributed by atoms with van der Waals surface area (Å²) in [5.41, 5.74) is 0. The molecule has 1 nitrogen and oxygen atoms in total. The molecule has 0 aromatic carbocycles. The Morgan fingerprint density at radius 3 is 1.50 bits per heavy atom. The van der Waals surface area contributed by atoms with Crippen molar-refractivity contribution in [3.63, 3.8) is 0 Å². The lowest BCUT2D eigenvalue weighted by Crippen LogP contribution is -1.86. The lowest BCUT2D eigenvalue weighted by Gasteiger charge is -2.02. The molecule has 0 radical (unpaired) electrons. The summed E-state index contributed by atoms with van der Waals surface area (Å²) in [6, 6.07) is 0. The van der Waals surface area contributed by atoms with Crippen molar-refractivity contribution in [2.75, 3.05) is 6.61 Å².